The predicted molar refractivity (Wildman–Crippen MR) is 138 cm³/mol. The van der Waals surface area contributed by atoms with E-state index in [1.54, 1.807) is 16.2 Å². The Kier molecular flexibility index (Phi) is 5.27. The van der Waals surface area contributed by atoms with Gasteiger partial charge in [0.25, 0.3) is 0 Å². The second kappa shape index (κ2) is 8.39. The SMILES string of the molecule is Cn1c(=O)n([C@@H]2CCC(=O)NC2=O)c2cccc(N3CCC4(CCN(c5ccc(N)nc5)CC4)C3)c21. The minimum Gasteiger partial charge on any atom is -0.384 e. The van der Waals surface area contributed by atoms with Gasteiger partial charge in [-0.05, 0) is 55.4 Å². The normalized spacial score (nSPS) is 22.0. The summed E-state index contributed by atoms with van der Waals surface area (Å²) in [6, 6.07) is 9.14. The molecule has 0 saturated carbocycles. The molecule has 188 valence electrons. The van der Waals surface area contributed by atoms with Crippen LogP contribution in [0.1, 0.15) is 38.1 Å². The molecule has 0 unspecified atom stereocenters. The number of aryl methyl sites for hydroxylation is 1. The first-order valence-corrected chi connectivity index (χ1v) is 12.6. The van der Waals surface area contributed by atoms with Crippen LogP contribution in [0.3, 0.4) is 0 Å². The molecule has 1 atom stereocenters. The van der Waals surface area contributed by atoms with Crippen molar-refractivity contribution in [1.29, 1.82) is 0 Å². The van der Waals surface area contributed by atoms with Gasteiger partial charge in [-0.1, -0.05) is 6.07 Å². The van der Waals surface area contributed by atoms with Crippen LogP contribution in [0.5, 0.6) is 0 Å². The molecule has 2 aromatic heterocycles. The van der Waals surface area contributed by atoms with Crippen LogP contribution < -0.4 is 26.5 Å². The van der Waals surface area contributed by atoms with E-state index in [0.717, 1.165) is 67.8 Å². The molecule has 0 radical (unpaired) electrons. The van der Waals surface area contributed by atoms with Crippen molar-refractivity contribution in [2.75, 3.05) is 41.7 Å². The van der Waals surface area contributed by atoms with E-state index in [1.165, 1.54) is 0 Å². The number of pyridine rings is 1. The van der Waals surface area contributed by atoms with Gasteiger partial charge in [0, 0.05) is 39.6 Å². The standard InChI is InChI=1S/C26H31N7O3/c1-30-23-18(3-2-4-19(23)33(25(30)36)20-6-8-22(34)29-24(20)35)32-14-11-26(16-32)9-12-31(13-10-26)17-5-7-21(27)28-15-17/h2-5,7,15,20H,6,8-14,16H2,1H3,(H2,27,28)(H,29,34,35)/t20-/m1/s1. The average molecular weight is 490 g/mol. The van der Waals surface area contributed by atoms with Crippen LogP contribution in [0.25, 0.3) is 11.0 Å². The Balaban J connectivity index is 1.26. The number of nitrogens with two attached hydrogens (primary N) is 1. The molecule has 3 aliphatic rings. The summed E-state index contributed by atoms with van der Waals surface area (Å²) >= 11 is 0. The second-order valence-electron chi connectivity index (χ2n) is 10.4. The summed E-state index contributed by atoms with van der Waals surface area (Å²) in [5, 5.41) is 2.38. The van der Waals surface area contributed by atoms with Crippen molar-refractivity contribution >= 4 is 40.0 Å². The van der Waals surface area contributed by atoms with Crippen molar-refractivity contribution < 1.29 is 9.59 Å². The second-order valence-corrected chi connectivity index (χ2v) is 10.4. The number of nitrogens with zero attached hydrogens (tertiary/aromatic N) is 5. The third-order valence-corrected chi connectivity index (χ3v) is 8.34. The summed E-state index contributed by atoms with van der Waals surface area (Å²) in [5.74, 6) is -0.158. The number of hydrogen-bond acceptors (Lipinski definition) is 7. The zero-order valence-electron chi connectivity index (χ0n) is 20.4. The van der Waals surface area contributed by atoms with Gasteiger partial charge in [-0.15, -0.1) is 0 Å². The lowest BCUT2D eigenvalue weighted by molar-refractivity contribution is -0.135. The van der Waals surface area contributed by atoms with Crippen molar-refractivity contribution in [3.05, 3.63) is 47.0 Å². The fraction of sp³-hybridized carbons (Fsp3) is 0.462. The van der Waals surface area contributed by atoms with E-state index >= 15 is 0 Å². The maximum Gasteiger partial charge on any atom is 0.329 e. The number of rotatable bonds is 3. The fourth-order valence-corrected chi connectivity index (χ4v) is 6.28. The Morgan fingerprint density at radius 1 is 1.03 bits per heavy atom. The number of imidazole rings is 1. The molecule has 3 saturated heterocycles. The number of para-hydroxylation sites is 1. The van der Waals surface area contributed by atoms with Gasteiger partial charge in [0.1, 0.15) is 11.9 Å². The van der Waals surface area contributed by atoms with Gasteiger partial charge in [-0.3, -0.25) is 24.0 Å². The summed E-state index contributed by atoms with van der Waals surface area (Å²) in [4.78, 5) is 46.5. The van der Waals surface area contributed by atoms with Crippen molar-refractivity contribution in [1.82, 2.24) is 19.4 Å². The first-order valence-electron chi connectivity index (χ1n) is 12.6. The van der Waals surface area contributed by atoms with Gasteiger partial charge in [0.05, 0.1) is 28.6 Å². The maximum atomic E-state index is 13.3. The van der Waals surface area contributed by atoms with E-state index in [-0.39, 0.29) is 23.4 Å². The molecule has 0 bridgehead atoms. The fourth-order valence-electron chi connectivity index (χ4n) is 6.28. The Labute approximate surface area is 208 Å². The maximum absolute atomic E-state index is 13.3. The molecule has 1 aromatic carbocycles. The first kappa shape index (κ1) is 22.6. The van der Waals surface area contributed by atoms with E-state index in [0.29, 0.717) is 12.2 Å². The van der Waals surface area contributed by atoms with Gasteiger partial charge >= 0.3 is 5.69 Å². The molecule has 3 aromatic rings. The highest BCUT2D eigenvalue weighted by atomic mass is 16.2. The number of amides is 2. The molecule has 0 aliphatic carbocycles. The van der Waals surface area contributed by atoms with Gasteiger partial charge < -0.3 is 15.5 Å². The van der Waals surface area contributed by atoms with Crippen molar-refractivity contribution in [3.8, 4) is 0 Å². The van der Waals surface area contributed by atoms with Crippen LogP contribution in [-0.4, -0.2) is 52.1 Å². The van der Waals surface area contributed by atoms with Gasteiger partial charge in [0.2, 0.25) is 11.8 Å². The highest BCUT2D eigenvalue weighted by Gasteiger charge is 2.41. The molecule has 3 N–H and O–H groups in total. The molecule has 5 heterocycles. The summed E-state index contributed by atoms with van der Waals surface area (Å²) in [5.41, 5.74) is 9.48. The number of piperidine rings is 2. The summed E-state index contributed by atoms with van der Waals surface area (Å²) in [6.45, 7) is 3.83. The smallest absolute Gasteiger partial charge is 0.329 e. The quantitative estimate of drug-likeness (QED) is 0.539. The Hall–Kier alpha value is -3.82. The van der Waals surface area contributed by atoms with Crippen molar-refractivity contribution in [3.63, 3.8) is 0 Å². The van der Waals surface area contributed by atoms with Crippen LogP contribution in [0.4, 0.5) is 17.2 Å². The number of anilines is 3. The highest BCUT2D eigenvalue weighted by molar-refractivity contribution is 6.00. The largest absolute Gasteiger partial charge is 0.384 e. The molecule has 3 aliphatic heterocycles. The van der Waals surface area contributed by atoms with E-state index in [9.17, 15) is 14.4 Å². The third kappa shape index (κ3) is 3.63. The number of aromatic nitrogens is 3. The molecule has 2 amide bonds. The molecular formula is C26H31N7O3. The number of hydrogen-bond donors (Lipinski definition) is 2. The molecule has 36 heavy (non-hydrogen) atoms. The van der Waals surface area contributed by atoms with E-state index in [4.69, 9.17) is 5.73 Å². The summed E-state index contributed by atoms with van der Waals surface area (Å²) in [7, 11) is 1.77. The Morgan fingerprint density at radius 3 is 2.47 bits per heavy atom. The molecule has 6 rings (SSSR count). The zero-order chi connectivity index (χ0) is 25.0. The van der Waals surface area contributed by atoms with Crippen molar-refractivity contribution in [2.24, 2.45) is 12.5 Å². The Morgan fingerprint density at radius 2 is 1.78 bits per heavy atom. The number of nitrogen functional groups attached to an aromatic ring is 1. The van der Waals surface area contributed by atoms with Gasteiger partial charge in [-0.2, -0.15) is 0 Å². The zero-order valence-corrected chi connectivity index (χ0v) is 20.4. The van der Waals surface area contributed by atoms with E-state index < -0.39 is 11.9 Å². The predicted octanol–water partition coefficient (Wildman–Crippen LogP) is 1.79. The Bertz CT molecular complexity index is 1400. The molecule has 3 fully saturated rings. The van der Waals surface area contributed by atoms with Crippen LogP contribution in [0.15, 0.2) is 41.3 Å². The minimum absolute atomic E-state index is 0.230. The van der Waals surface area contributed by atoms with Gasteiger partial charge in [0.15, 0.2) is 0 Å². The number of benzene rings is 1. The lowest BCUT2D eigenvalue weighted by Gasteiger charge is -2.40. The average Bonchev–Trinajstić information content (AvgIpc) is 3.39. The highest BCUT2D eigenvalue weighted by Crippen LogP contribution is 2.44. The van der Waals surface area contributed by atoms with Crippen LogP contribution in [0, 0.1) is 5.41 Å². The van der Waals surface area contributed by atoms with Crippen LogP contribution in [-0.2, 0) is 16.6 Å². The van der Waals surface area contributed by atoms with Gasteiger partial charge in [-0.25, -0.2) is 9.78 Å². The van der Waals surface area contributed by atoms with E-state index in [2.05, 4.69) is 26.2 Å². The molecule has 10 heteroatoms. The minimum atomic E-state index is -0.675. The van der Waals surface area contributed by atoms with Crippen LogP contribution >= 0.6 is 0 Å². The monoisotopic (exact) mass is 489 g/mol. The van der Waals surface area contributed by atoms with Crippen molar-refractivity contribution in [2.45, 2.75) is 38.1 Å². The lowest BCUT2D eigenvalue weighted by atomic mass is 9.77. The van der Waals surface area contributed by atoms with Crippen LogP contribution in [0.2, 0.25) is 0 Å². The molecular weight excluding hydrogens is 458 g/mol. The molecule has 10 nitrogen and oxygen atoms in total. The lowest BCUT2D eigenvalue weighted by Crippen LogP contribution is -2.44. The first-order chi connectivity index (χ1) is 17.3. The summed E-state index contributed by atoms with van der Waals surface area (Å²) in [6.07, 6.45) is 5.72. The number of carbonyl (C=O) groups excluding carboxylic acids is 2. The summed E-state index contributed by atoms with van der Waals surface area (Å²) < 4.78 is 3.21. The number of imide groups is 1. The number of fused-ring (bicyclic) bond motifs is 1. The number of carbonyl (C=O) groups is 2. The third-order valence-electron chi connectivity index (χ3n) is 8.34. The topological polar surface area (TPSA) is 118 Å². The van der Waals surface area contributed by atoms with E-state index in [1.807, 2.05) is 30.5 Å². The number of nitrogens with one attached hydrogen (secondary N) is 1. The molecule has 1 spiro atoms.